The van der Waals surface area contributed by atoms with E-state index in [4.69, 9.17) is 0 Å². The maximum absolute atomic E-state index is 4.58. The number of hydrogen-bond donors (Lipinski definition) is 0. The zero-order valence-corrected chi connectivity index (χ0v) is 12.6. The van der Waals surface area contributed by atoms with Gasteiger partial charge in [-0.1, -0.05) is 14.6 Å². The first-order valence-corrected chi connectivity index (χ1v) is 6.48. The van der Waals surface area contributed by atoms with E-state index >= 15 is 0 Å². The molecule has 2 rings (SSSR count). The van der Waals surface area contributed by atoms with Gasteiger partial charge in [-0.2, -0.15) is 35.9 Å². The number of hydrogen-bond acceptors (Lipinski definition) is 1. The molecule has 0 amide bonds. The Morgan fingerprint density at radius 2 is 2.06 bits per heavy atom. The average molecular weight is 404 g/mol. The standard InChI is InChI=1S/C13H13NP.Os/c1-15-13-9-5-8-12(14-13)10-11-6-3-2-4-7-11;/h2-6,8-9,15H,10H2,1H3;/q-1;+1. The number of pyridine rings is 1. The third kappa shape index (κ3) is 3.78. The zero-order valence-electron chi connectivity index (χ0n) is 9.05. The molecule has 3 heteroatoms. The maximum atomic E-state index is 4.58. The molecule has 0 N–H and O–H groups in total. The van der Waals surface area contributed by atoms with E-state index in [0.29, 0.717) is 0 Å². The van der Waals surface area contributed by atoms with Gasteiger partial charge in [0.1, 0.15) is 0 Å². The second-order valence-electron chi connectivity index (χ2n) is 3.33. The fourth-order valence-electron chi connectivity index (χ4n) is 1.45. The molecular weight excluding hydrogens is 391 g/mol. The van der Waals surface area contributed by atoms with Crippen molar-refractivity contribution < 1.29 is 19.8 Å². The largest absolute Gasteiger partial charge is 1.00 e. The first kappa shape index (κ1) is 13.5. The Balaban J connectivity index is 0.00000128. The van der Waals surface area contributed by atoms with Crippen LogP contribution in [0.5, 0.6) is 0 Å². The van der Waals surface area contributed by atoms with Crippen molar-refractivity contribution in [3.05, 3.63) is 59.8 Å². The average Bonchev–Trinajstić information content (AvgIpc) is 2.31. The molecule has 1 heterocycles. The molecule has 83 valence electrons. The number of aromatic nitrogens is 1. The topological polar surface area (TPSA) is 12.9 Å². The Labute approximate surface area is 112 Å². The van der Waals surface area contributed by atoms with Crippen molar-refractivity contribution in [1.82, 2.24) is 4.98 Å². The van der Waals surface area contributed by atoms with E-state index in [0.717, 1.165) is 20.7 Å². The van der Waals surface area contributed by atoms with Crippen LogP contribution >= 0.6 is 8.58 Å². The molecule has 1 radical (unpaired) electrons. The molecule has 0 aliphatic carbocycles. The molecule has 0 aliphatic heterocycles. The molecule has 1 nitrogen and oxygen atoms in total. The van der Waals surface area contributed by atoms with Crippen molar-refractivity contribution in [2.24, 2.45) is 0 Å². The summed E-state index contributed by atoms with van der Waals surface area (Å²) in [6.45, 7) is 2.15. The third-order valence-electron chi connectivity index (χ3n) is 2.21. The van der Waals surface area contributed by atoms with Crippen molar-refractivity contribution in [3.63, 3.8) is 0 Å². The van der Waals surface area contributed by atoms with Gasteiger partial charge >= 0.3 is 19.8 Å². The van der Waals surface area contributed by atoms with Crippen LogP contribution in [0.25, 0.3) is 0 Å². The molecule has 0 spiro atoms. The van der Waals surface area contributed by atoms with Crippen molar-refractivity contribution in [1.29, 1.82) is 0 Å². The van der Waals surface area contributed by atoms with Crippen LogP contribution in [0.15, 0.2) is 42.5 Å². The van der Waals surface area contributed by atoms with Crippen LogP contribution in [0.2, 0.25) is 0 Å². The Kier molecular flexibility index (Phi) is 5.82. The van der Waals surface area contributed by atoms with Gasteiger partial charge in [0.2, 0.25) is 0 Å². The minimum Gasteiger partial charge on any atom is -0.253 e. The summed E-state index contributed by atoms with van der Waals surface area (Å²) in [5.74, 6) is 0. The molecule has 16 heavy (non-hydrogen) atoms. The van der Waals surface area contributed by atoms with Gasteiger partial charge in [0.15, 0.2) is 0 Å². The van der Waals surface area contributed by atoms with Gasteiger partial charge in [0, 0.05) is 5.69 Å². The van der Waals surface area contributed by atoms with Crippen molar-refractivity contribution in [2.75, 3.05) is 6.66 Å². The van der Waals surface area contributed by atoms with Crippen LogP contribution in [0.4, 0.5) is 0 Å². The summed E-state index contributed by atoms with van der Waals surface area (Å²) in [5.41, 5.74) is 3.51. The molecule has 1 atom stereocenters. The predicted molar refractivity (Wildman–Crippen MR) is 66.2 cm³/mol. The Hall–Kier alpha value is -0.564. The summed E-state index contributed by atoms with van der Waals surface area (Å²) in [6.07, 6.45) is 0.874. The van der Waals surface area contributed by atoms with Crippen LogP contribution in [-0.4, -0.2) is 11.6 Å². The smallest absolute Gasteiger partial charge is 0.253 e. The van der Waals surface area contributed by atoms with Gasteiger partial charge in [-0.15, -0.1) is 0 Å². The first-order chi connectivity index (χ1) is 7.38. The van der Waals surface area contributed by atoms with E-state index in [1.807, 2.05) is 18.2 Å². The molecule has 1 aromatic carbocycles. The van der Waals surface area contributed by atoms with E-state index in [2.05, 4.69) is 42.0 Å². The number of nitrogens with zero attached hydrogens (tertiary/aromatic N) is 1. The zero-order chi connectivity index (χ0) is 10.5. The number of rotatable bonds is 3. The monoisotopic (exact) mass is 406 g/mol. The van der Waals surface area contributed by atoms with E-state index in [-0.39, 0.29) is 19.8 Å². The minimum absolute atomic E-state index is 0. The van der Waals surface area contributed by atoms with Crippen LogP contribution < -0.4 is 5.44 Å². The fraction of sp³-hybridized carbons (Fsp3) is 0.154. The molecule has 0 bridgehead atoms. The van der Waals surface area contributed by atoms with Gasteiger partial charge < -0.3 is 0 Å². The van der Waals surface area contributed by atoms with Crippen LogP contribution in [0.3, 0.4) is 0 Å². The van der Waals surface area contributed by atoms with Gasteiger partial charge in [0.25, 0.3) is 0 Å². The minimum atomic E-state index is 0. The van der Waals surface area contributed by atoms with Crippen molar-refractivity contribution in [3.8, 4) is 0 Å². The predicted octanol–water partition coefficient (Wildman–Crippen LogP) is 2.40. The summed E-state index contributed by atoms with van der Waals surface area (Å²) < 4.78 is 0. The molecule has 1 unspecified atom stereocenters. The maximum Gasteiger partial charge on any atom is 1.00 e. The second-order valence-corrected chi connectivity index (χ2v) is 4.34. The summed E-state index contributed by atoms with van der Waals surface area (Å²) >= 11 is 0. The molecule has 0 aliphatic rings. The van der Waals surface area contributed by atoms with E-state index in [1.54, 1.807) is 0 Å². The van der Waals surface area contributed by atoms with Crippen molar-refractivity contribution >= 4 is 14.0 Å². The first-order valence-electron chi connectivity index (χ1n) is 4.98. The number of benzene rings is 1. The molecule has 1 aromatic heterocycles. The summed E-state index contributed by atoms with van der Waals surface area (Å²) in [7, 11) is 0.766. The van der Waals surface area contributed by atoms with Crippen LogP contribution in [0.1, 0.15) is 11.3 Å². The molecule has 0 saturated heterocycles. The van der Waals surface area contributed by atoms with E-state index in [9.17, 15) is 0 Å². The van der Waals surface area contributed by atoms with Gasteiger partial charge in [-0.3, -0.25) is 4.98 Å². The Morgan fingerprint density at radius 1 is 1.19 bits per heavy atom. The SMILES string of the molecule is CPc1cccc(Cc2[c-]cccc2)n1.[Os+]. The molecule has 2 aromatic rings. The van der Waals surface area contributed by atoms with Gasteiger partial charge in [0.05, 0.1) is 5.44 Å². The van der Waals surface area contributed by atoms with Crippen molar-refractivity contribution in [2.45, 2.75) is 6.42 Å². The van der Waals surface area contributed by atoms with Gasteiger partial charge in [-0.25, -0.2) is 0 Å². The van der Waals surface area contributed by atoms with Crippen LogP contribution in [0, 0.1) is 6.07 Å². The van der Waals surface area contributed by atoms with Crippen LogP contribution in [-0.2, 0) is 26.2 Å². The van der Waals surface area contributed by atoms with E-state index in [1.165, 1.54) is 11.0 Å². The summed E-state index contributed by atoms with van der Waals surface area (Å²) in [6, 6.07) is 17.5. The quantitative estimate of drug-likeness (QED) is 0.566. The molecule has 0 saturated carbocycles. The normalized spacial score (nSPS) is 10.3. The third-order valence-corrected chi connectivity index (χ3v) is 3.00. The Morgan fingerprint density at radius 3 is 2.75 bits per heavy atom. The summed E-state index contributed by atoms with van der Waals surface area (Å²) in [4.78, 5) is 4.58. The van der Waals surface area contributed by atoms with Gasteiger partial charge in [-0.05, 0) is 25.2 Å². The Bertz CT molecular complexity index is 431. The second kappa shape index (κ2) is 6.90. The molecular formula is C13H13NOsP. The van der Waals surface area contributed by atoms with E-state index < -0.39 is 0 Å². The molecule has 0 fully saturated rings. The fourth-order valence-corrected chi connectivity index (χ4v) is 1.97. The summed E-state index contributed by atoms with van der Waals surface area (Å²) in [5, 5.41) is 0.